The van der Waals surface area contributed by atoms with E-state index in [2.05, 4.69) is 0 Å². The van der Waals surface area contributed by atoms with Crippen LogP contribution in [0.1, 0.15) is 17.3 Å². The number of carbonyl (C=O) groups is 2. The molecule has 4 heteroatoms. The Kier molecular flexibility index (Phi) is 3.51. The number of halogens is 2. The number of carbonyl (C=O) groups excluding carboxylic acids is 2. The summed E-state index contributed by atoms with van der Waals surface area (Å²) in [6.07, 6.45) is 0. The number of Topliss-reactive ketones (excluding diaryl/α,β-unsaturated/α-hetero) is 2. The molecule has 0 saturated carbocycles. The lowest BCUT2D eigenvalue weighted by Crippen LogP contribution is -2.09. The largest absolute Gasteiger partial charge is 0.291 e. The number of ketones is 2. The summed E-state index contributed by atoms with van der Waals surface area (Å²) >= 11 is 0. The highest BCUT2D eigenvalue weighted by molar-refractivity contribution is 6.43. The molecule has 2 aromatic rings. The fourth-order valence-electron chi connectivity index (χ4n) is 1.72. The molecule has 0 spiro atoms. The maximum absolute atomic E-state index is 13.2. The molecular weight excluding hydrogens is 250 g/mol. The first kappa shape index (κ1) is 13.1. The number of hydrogen-bond acceptors (Lipinski definition) is 2. The van der Waals surface area contributed by atoms with Crippen LogP contribution in [0, 0.1) is 11.6 Å². The fourth-order valence-corrected chi connectivity index (χ4v) is 1.72. The van der Waals surface area contributed by atoms with Gasteiger partial charge >= 0.3 is 0 Å². The van der Waals surface area contributed by atoms with Crippen molar-refractivity contribution in [3.8, 4) is 11.1 Å². The van der Waals surface area contributed by atoms with Crippen molar-refractivity contribution in [3.05, 3.63) is 59.7 Å². The highest BCUT2D eigenvalue weighted by Gasteiger charge is 2.12. The van der Waals surface area contributed by atoms with Crippen molar-refractivity contribution in [1.29, 1.82) is 0 Å². The lowest BCUT2D eigenvalue weighted by molar-refractivity contribution is -0.113. The van der Waals surface area contributed by atoms with Gasteiger partial charge in [0.25, 0.3) is 0 Å². The molecule has 2 rings (SSSR count). The van der Waals surface area contributed by atoms with Crippen molar-refractivity contribution in [1.82, 2.24) is 0 Å². The topological polar surface area (TPSA) is 34.1 Å². The predicted octanol–water partition coefficient (Wildman–Crippen LogP) is 3.40. The molecule has 2 nitrogen and oxygen atoms in total. The van der Waals surface area contributed by atoms with Crippen LogP contribution in [-0.2, 0) is 4.79 Å². The van der Waals surface area contributed by atoms with Crippen LogP contribution in [-0.4, -0.2) is 11.6 Å². The Morgan fingerprint density at radius 3 is 2.21 bits per heavy atom. The molecule has 2 aromatic carbocycles. The van der Waals surface area contributed by atoms with Gasteiger partial charge in [0.2, 0.25) is 5.78 Å². The van der Waals surface area contributed by atoms with Crippen LogP contribution in [0.25, 0.3) is 11.1 Å². The van der Waals surface area contributed by atoms with E-state index in [1.54, 1.807) is 12.1 Å². The summed E-state index contributed by atoms with van der Waals surface area (Å²) in [4.78, 5) is 22.6. The van der Waals surface area contributed by atoms with E-state index in [0.29, 0.717) is 11.1 Å². The number of hydrogen-bond donors (Lipinski definition) is 0. The molecule has 0 amide bonds. The van der Waals surface area contributed by atoms with E-state index in [0.717, 1.165) is 12.1 Å². The molecule has 0 aliphatic heterocycles. The maximum Gasteiger partial charge on any atom is 0.228 e. The van der Waals surface area contributed by atoms with Crippen LogP contribution in [0.4, 0.5) is 8.78 Å². The first-order chi connectivity index (χ1) is 8.99. The summed E-state index contributed by atoms with van der Waals surface area (Å²) in [7, 11) is 0. The average molecular weight is 260 g/mol. The van der Waals surface area contributed by atoms with Crippen LogP contribution < -0.4 is 0 Å². The second kappa shape index (κ2) is 5.10. The van der Waals surface area contributed by atoms with Crippen LogP contribution >= 0.6 is 0 Å². The van der Waals surface area contributed by atoms with Gasteiger partial charge in [-0.1, -0.05) is 24.3 Å². The molecule has 0 unspecified atom stereocenters. The van der Waals surface area contributed by atoms with Crippen LogP contribution in [0.3, 0.4) is 0 Å². The molecule has 0 N–H and O–H groups in total. The Morgan fingerprint density at radius 2 is 1.58 bits per heavy atom. The third kappa shape index (κ3) is 2.73. The van der Waals surface area contributed by atoms with Crippen LogP contribution in [0.5, 0.6) is 0 Å². The third-order valence-electron chi connectivity index (χ3n) is 2.70. The highest BCUT2D eigenvalue weighted by atomic mass is 19.2. The van der Waals surface area contributed by atoms with Gasteiger partial charge in [0.05, 0.1) is 0 Å². The minimum atomic E-state index is -0.958. The second-order valence-electron chi connectivity index (χ2n) is 4.10. The van der Waals surface area contributed by atoms with E-state index < -0.39 is 23.2 Å². The maximum atomic E-state index is 13.2. The SMILES string of the molecule is CC(=O)C(=O)c1cccc(-c2ccc(F)c(F)c2)c1. The molecule has 0 heterocycles. The zero-order chi connectivity index (χ0) is 14.0. The minimum Gasteiger partial charge on any atom is -0.291 e. The van der Waals surface area contributed by atoms with Gasteiger partial charge in [-0.25, -0.2) is 8.78 Å². The Labute approximate surface area is 108 Å². The number of benzene rings is 2. The zero-order valence-electron chi connectivity index (χ0n) is 10.1. The van der Waals surface area contributed by atoms with Crippen molar-refractivity contribution in [3.63, 3.8) is 0 Å². The van der Waals surface area contributed by atoms with E-state index in [9.17, 15) is 18.4 Å². The van der Waals surface area contributed by atoms with Crippen molar-refractivity contribution in [2.75, 3.05) is 0 Å². The van der Waals surface area contributed by atoms with Gasteiger partial charge in [-0.15, -0.1) is 0 Å². The van der Waals surface area contributed by atoms with E-state index in [1.165, 1.54) is 25.1 Å². The Bertz CT molecular complexity index is 663. The third-order valence-corrected chi connectivity index (χ3v) is 2.70. The van der Waals surface area contributed by atoms with Gasteiger partial charge in [-0.3, -0.25) is 9.59 Å². The van der Waals surface area contributed by atoms with E-state index >= 15 is 0 Å². The summed E-state index contributed by atoms with van der Waals surface area (Å²) in [6, 6.07) is 9.71. The van der Waals surface area contributed by atoms with E-state index in [1.807, 2.05) is 0 Å². The normalized spacial score (nSPS) is 10.3. The van der Waals surface area contributed by atoms with Gasteiger partial charge in [-0.2, -0.15) is 0 Å². The monoisotopic (exact) mass is 260 g/mol. The molecule has 96 valence electrons. The number of rotatable bonds is 3. The first-order valence-corrected chi connectivity index (χ1v) is 5.60. The van der Waals surface area contributed by atoms with E-state index in [-0.39, 0.29) is 5.56 Å². The molecule has 19 heavy (non-hydrogen) atoms. The smallest absolute Gasteiger partial charge is 0.228 e. The second-order valence-corrected chi connectivity index (χ2v) is 4.10. The summed E-state index contributed by atoms with van der Waals surface area (Å²) in [5, 5.41) is 0. The van der Waals surface area contributed by atoms with Gasteiger partial charge in [0.1, 0.15) is 0 Å². The van der Waals surface area contributed by atoms with Crippen molar-refractivity contribution in [2.45, 2.75) is 6.92 Å². The van der Waals surface area contributed by atoms with E-state index in [4.69, 9.17) is 0 Å². The molecule has 0 saturated heterocycles. The predicted molar refractivity (Wildman–Crippen MR) is 66.8 cm³/mol. The van der Waals surface area contributed by atoms with Gasteiger partial charge in [0, 0.05) is 12.5 Å². The lowest BCUT2D eigenvalue weighted by atomic mass is 10.00. The van der Waals surface area contributed by atoms with Gasteiger partial charge < -0.3 is 0 Å². The van der Waals surface area contributed by atoms with Crippen molar-refractivity contribution >= 4 is 11.6 Å². The zero-order valence-corrected chi connectivity index (χ0v) is 10.1. The van der Waals surface area contributed by atoms with Crippen molar-refractivity contribution < 1.29 is 18.4 Å². The summed E-state index contributed by atoms with van der Waals surface area (Å²) in [5.41, 5.74) is 1.22. The average Bonchev–Trinajstić information content (AvgIpc) is 2.41. The minimum absolute atomic E-state index is 0.231. The molecule has 0 aliphatic rings. The Morgan fingerprint density at radius 1 is 0.895 bits per heavy atom. The van der Waals surface area contributed by atoms with Crippen molar-refractivity contribution in [2.24, 2.45) is 0 Å². The van der Waals surface area contributed by atoms with Gasteiger partial charge in [0.15, 0.2) is 17.4 Å². The molecule has 0 atom stereocenters. The molecular formula is C15H10F2O2. The molecule has 0 aromatic heterocycles. The van der Waals surface area contributed by atoms with Crippen LogP contribution in [0.2, 0.25) is 0 Å². The first-order valence-electron chi connectivity index (χ1n) is 5.60. The fraction of sp³-hybridized carbons (Fsp3) is 0.0667. The highest BCUT2D eigenvalue weighted by Crippen LogP contribution is 2.22. The lowest BCUT2D eigenvalue weighted by Gasteiger charge is -2.04. The Balaban J connectivity index is 2.46. The molecule has 0 bridgehead atoms. The quantitative estimate of drug-likeness (QED) is 0.626. The summed E-state index contributed by atoms with van der Waals surface area (Å²) in [6.45, 7) is 1.19. The molecule has 0 aliphatic carbocycles. The standard InChI is InChI=1S/C15H10F2O2/c1-9(18)15(19)12-4-2-3-10(7-12)11-5-6-13(16)14(17)8-11/h2-8H,1H3. The summed E-state index contributed by atoms with van der Waals surface area (Å²) in [5.74, 6) is -3.06. The van der Waals surface area contributed by atoms with Gasteiger partial charge in [-0.05, 0) is 29.3 Å². The van der Waals surface area contributed by atoms with Crippen LogP contribution in [0.15, 0.2) is 42.5 Å². The molecule has 0 radical (unpaired) electrons. The Hall–Kier alpha value is -2.36. The molecule has 0 fully saturated rings. The summed E-state index contributed by atoms with van der Waals surface area (Å²) < 4.78 is 26.0.